The number of nitrogens with two attached hydrogens (primary N) is 1. The summed E-state index contributed by atoms with van der Waals surface area (Å²) in [5.41, 5.74) is 10.1. The van der Waals surface area contributed by atoms with Crippen molar-refractivity contribution in [1.29, 1.82) is 0 Å². The van der Waals surface area contributed by atoms with E-state index in [1.165, 1.54) is 0 Å². The number of aryl methyl sites for hydroxylation is 2. The van der Waals surface area contributed by atoms with E-state index in [4.69, 9.17) is 10.5 Å². The zero-order valence-electron chi connectivity index (χ0n) is 14.1. The van der Waals surface area contributed by atoms with Gasteiger partial charge < -0.3 is 15.8 Å². The minimum atomic E-state index is -0.686. The van der Waals surface area contributed by atoms with Gasteiger partial charge in [0.15, 0.2) is 0 Å². The summed E-state index contributed by atoms with van der Waals surface area (Å²) in [5, 5.41) is 2.97. The van der Waals surface area contributed by atoms with E-state index in [1.807, 2.05) is 63.2 Å². The zero-order valence-corrected chi connectivity index (χ0v) is 14.1. The Bertz CT molecular complexity index is 680. The van der Waals surface area contributed by atoms with Crippen molar-refractivity contribution in [3.05, 3.63) is 64.7 Å². The first-order chi connectivity index (χ1) is 10.9. The lowest BCUT2D eigenvalue weighted by Gasteiger charge is -2.20. The molecule has 2 aromatic carbocycles. The van der Waals surface area contributed by atoms with E-state index in [9.17, 15) is 4.79 Å². The van der Waals surface area contributed by atoms with Crippen LogP contribution in [-0.4, -0.2) is 13.0 Å². The number of hydrogen-bond acceptors (Lipinski definition) is 3. The predicted molar refractivity (Wildman–Crippen MR) is 92.4 cm³/mol. The number of methoxy groups -OCH3 is 1. The summed E-state index contributed by atoms with van der Waals surface area (Å²) in [7, 11) is 1.63. The number of hydrogen-bond donors (Lipinski definition) is 2. The number of benzene rings is 2. The average Bonchev–Trinajstić information content (AvgIpc) is 2.54. The molecule has 0 aromatic heterocycles. The fourth-order valence-electron chi connectivity index (χ4n) is 2.50. The summed E-state index contributed by atoms with van der Waals surface area (Å²) in [6.45, 7) is 5.94. The number of nitrogens with one attached hydrogen (secondary N) is 1. The molecule has 2 unspecified atom stereocenters. The van der Waals surface area contributed by atoms with Gasteiger partial charge in [-0.1, -0.05) is 47.5 Å². The lowest BCUT2D eigenvalue weighted by Crippen LogP contribution is -2.35. The minimum absolute atomic E-state index is 0.186. The van der Waals surface area contributed by atoms with Crippen molar-refractivity contribution in [3.8, 4) is 5.75 Å². The van der Waals surface area contributed by atoms with Gasteiger partial charge in [-0.2, -0.15) is 0 Å². The molecule has 122 valence electrons. The van der Waals surface area contributed by atoms with Gasteiger partial charge in [-0.25, -0.2) is 0 Å². The molecule has 0 radical (unpaired) electrons. The molecule has 2 atom stereocenters. The molecule has 3 N–H and O–H groups in total. The number of carbonyl (C=O) groups excluding carboxylic acids is 1. The molecule has 0 heterocycles. The van der Waals surface area contributed by atoms with E-state index < -0.39 is 6.04 Å². The fourth-order valence-corrected chi connectivity index (χ4v) is 2.50. The normalized spacial score (nSPS) is 13.3. The first-order valence-corrected chi connectivity index (χ1v) is 7.69. The smallest absolute Gasteiger partial charge is 0.241 e. The molecule has 4 heteroatoms. The van der Waals surface area contributed by atoms with Gasteiger partial charge in [0.2, 0.25) is 5.91 Å². The zero-order chi connectivity index (χ0) is 17.0. The SMILES string of the molecule is COc1ccc(C)cc1C(C)NC(=O)C(N)c1ccc(C)cc1. The Kier molecular flexibility index (Phi) is 5.40. The maximum absolute atomic E-state index is 12.4. The fraction of sp³-hybridized carbons (Fsp3) is 0.316. The van der Waals surface area contributed by atoms with Crippen LogP contribution >= 0.6 is 0 Å². The maximum atomic E-state index is 12.4. The molecule has 0 fully saturated rings. The maximum Gasteiger partial charge on any atom is 0.241 e. The van der Waals surface area contributed by atoms with Crippen molar-refractivity contribution in [3.63, 3.8) is 0 Å². The Morgan fingerprint density at radius 3 is 2.30 bits per heavy atom. The van der Waals surface area contributed by atoms with E-state index in [-0.39, 0.29) is 11.9 Å². The van der Waals surface area contributed by atoms with Gasteiger partial charge >= 0.3 is 0 Å². The molecule has 2 aromatic rings. The van der Waals surface area contributed by atoms with Gasteiger partial charge in [0.25, 0.3) is 0 Å². The molecule has 1 amide bonds. The van der Waals surface area contributed by atoms with Crippen molar-refractivity contribution < 1.29 is 9.53 Å². The molecule has 0 spiro atoms. The molecule has 0 bridgehead atoms. The molecule has 23 heavy (non-hydrogen) atoms. The molecule has 4 nitrogen and oxygen atoms in total. The van der Waals surface area contributed by atoms with Crippen LogP contribution in [-0.2, 0) is 4.79 Å². The molecule has 2 rings (SSSR count). The van der Waals surface area contributed by atoms with Crippen LogP contribution < -0.4 is 15.8 Å². The second-order valence-corrected chi connectivity index (χ2v) is 5.86. The van der Waals surface area contributed by atoms with Crippen LogP contribution in [0.3, 0.4) is 0 Å². The van der Waals surface area contributed by atoms with E-state index in [2.05, 4.69) is 5.32 Å². The van der Waals surface area contributed by atoms with E-state index in [0.29, 0.717) is 0 Å². The molecule has 0 aliphatic heterocycles. The third-order valence-corrected chi connectivity index (χ3v) is 3.93. The largest absolute Gasteiger partial charge is 0.496 e. The van der Waals surface area contributed by atoms with Crippen molar-refractivity contribution in [1.82, 2.24) is 5.32 Å². The Labute approximate surface area is 137 Å². The Morgan fingerprint density at radius 1 is 1.09 bits per heavy atom. The summed E-state index contributed by atoms with van der Waals surface area (Å²) in [5.74, 6) is 0.553. The molecule has 0 aliphatic rings. The van der Waals surface area contributed by atoms with Crippen LogP contribution in [0, 0.1) is 13.8 Å². The average molecular weight is 312 g/mol. The van der Waals surface area contributed by atoms with Gasteiger partial charge in [-0.15, -0.1) is 0 Å². The van der Waals surface area contributed by atoms with Gasteiger partial charge in [0.1, 0.15) is 11.8 Å². The molecular weight excluding hydrogens is 288 g/mol. The number of carbonyl (C=O) groups is 1. The van der Waals surface area contributed by atoms with Crippen molar-refractivity contribution in [2.75, 3.05) is 7.11 Å². The summed E-state index contributed by atoms with van der Waals surface area (Å²) >= 11 is 0. The summed E-state index contributed by atoms with van der Waals surface area (Å²) in [4.78, 5) is 12.4. The number of ether oxygens (including phenoxy) is 1. The lowest BCUT2D eigenvalue weighted by atomic mass is 10.0. The highest BCUT2D eigenvalue weighted by Gasteiger charge is 2.20. The van der Waals surface area contributed by atoms with Crippen LogP contribution in [0.25, 0.3) is 0 Å². The molecule has 0 saturated heterocycles. The molecular formula is C19H24N2O2. The Hall–Kier alpha value is -2.33. The van der Waals surface area contributed by atoms with Crippen LogP contribution in [0.4, 0.5) is 0 Å². The molecule has 0 aliphatic carbocycles. The highest BCUT2D eigenvalue weighted by Crippen LogP contribution is 2.26. The van der Waals surface area contributed by atoms with Gasteiger partial charge in [-0.05, 0) is 32.4 Å². The van der Waals surface area contributed by atoms with Gasteiger partial charge in [0, 0.05) is 5.56 Å². The number of amides is 1. The van der Waals surface area contributed by atoms with E-state index in [0.717, 1.165) is 28.0 Å². The summed E-state index contributed by atoms with van der Waals surface area (Å²) < 4.78 is 5.38. The standard InChI is InChI=1S/C19H24N2O2/c1-12-5-8-15(9-6-12)18(20)19(22)21-14(3)16-11-13(2)7-10-17(16)23-4/h5-11,14,18H,20H2,1-4H3,(H,21,22). The second kappa shape index (κ2) is 7.29. The topological polar surface area (TPSA) is 64.3 Å². The summed E-state index contributed by atoms with van der Waals surface area (Å²) in [6, 6.07) is 12.7. The van der Waals surface area contributed by atoms with Crippen molar-refractivity contribution >= 4 is 5.91 Å². The quantitative estimate of drug-likeness (QED) is 0.891. The monoisotopic (exact) mass is 312 g/mol. The Balaban J connectivity index is 2.13. The first-order valence-electron chi connectivity index (χ1n) is 7.69. The van der Waals surface area contributed by atoms with Crippen molar-refractivity contribution in [2.24, 2.45) is 5.73 Å². The predicted octanol–water partition coefficient (Wildman–Crippen LogP) is 3.19. The molecule has 0 saturated carbocycles. The van der Waals surface area contributed by atoms with Gasteiger partial charge in [0.05, 0.1) is 13.2 Å². The van der Waals surface area contributed by atoms with Crippen molar-refractivity contribution in [2.45, 2.75) is 32.9 Å². The third-order valence-electron chi connectivity index (χ3n) is 3.93. The van der Waals surface area contributed by atoms with Crippen LogP contribution in [0.2, 0.25) is 0 Å². The summed E-state index contributed by atoms with van der Waals surface area (Å²) in [6.07, 6.45) is 0. The minimum Gasteiger partial charge on any atom is -0.496 e. The van der Waals surface area contributed by atoms with Crippen LogP contribution in [0.1, 0.15) is 41.3 Å². The lowest BCUT2D eigenvalue weighted by molar-refractivity contribution is -0.123. The second-order valence-electron chi connectivity index (χ2n) is 5.86. The van der Waals surface area contributed by atoms with E-state index >= 15 is 0 Å². The highest BCUT2D eigenvalue weighted by atomic mass is 16.5. The third kappa shape index (κ3) is 4.11. The van der Waals surface area contributed by atoms with E-state index in [1.54, 1.807) is 7.11 Å². The van der Waals surface area contributed by atoms with Crippen LogP contribution in [0.5, 0.6) is 5.75 Å². The Morgan fingerprint density at radius 2 is 1.70 bits per heavy atom. The van der Waals surface area contributed by atoms with Gasteiger partial charge in [-0.3, -0.25) is 4.79 Å². The highest BCUT2D eigenvalue weighted by molar-refractivity contribution is 5.83. The first kappa shape index (κ1) is 17.0. The number of rotatable bonds is 5. The van der Waals surface area contributed by atoms with Crippen LogP contribution in [0.15, 0.2) is 42.5 Å².